The van der Waals surface area contributed by atoms with Gasteiger partial charge < -0.3 is 10.6 Å². The van der Waals surface area contributed by atoms with Crippen LogP contribution in [-0.4, -0.2) is 25.0 Å². The van der Waals surface area contributed by atoms with Crippen LogP contribution in [0.3, 0.4) is 0 Å². The highest BCUT2D eigenvalue weighted by Gasteiger charge is 2.32. The van der Waals surface area contributed by atoms with E-state index < -0.39 is 0 Å². The van der Waals surface area contributed by atoms with Crippen LogP contribution < -0.4 is 10.6 Å². The lowest BCUT2D eigenvalue weighted by atomic mass is 9.92. The van der Waals surface area contributed by atoms with Gasteiger partial charge in [0.25, 0.3) is 0 Å². The molecule has 1 saturated carbocycles. The van der Waals surface area contributed by atoms with E-state index in [4.69, 9.17) is 0 Å². The Hall–Kier alpha value is -0.570. The maximum Gasteiger partial charge on any atom is 0.220 e. The monoisotopic (exact) mass is 224 g/mol. The summed E-state index contributed by atoms with van der Waals surface area (Å²) in [6.07, 6.45) is 5.40. The van der Waals surface area contributed by atoms with E-state index >= 15 is 0 Å². The lowest BCUT2D eigenvalue weighted by Gasteiger charge is -2.18. The van der Waals surface area contributed by atoms with Gasteiger partial charge in [-0.2, -0.15) is 0 Å². The maximum absolute atomic E-state index is 11.8. The molecule has 2 N–H and O–H groups in total. The summed E-state index contributed by atoms with van der Waals surface area (Å²) < 4.78 is 0. The molecule has 3 nitrogen and oxygen atoms in total. The average molecular weight is 224 g/mol. The van der Waals surface area contributed by atoms with E-state index in [-0.39, 0.29) is 5.91 Å². The van der Waals surface area contributed by atoms with Crippen molar-refractivity contribution >= 4 is 5.91 Å². The van der Waals surface area contributed by atoms with E-state index in [1.165, 1.54) is 6.42 Å². The van der Waals surface area contributed by atoms with Crippen LogP contribution in [0.4, 0.5) is 0 Å². The number of hydrogen-bond acceptors (Lipinski definition) is 2. The molecule has 1 amide bonds. The van der Waals surface area contributed by atoms with Crippen molar-refractivity contribution in [2.24, 2.45) is 11.3 Å². The Balaban J connectivity index is 1.71. The second-order valence-corrected chi connectivity index (χ2v) is 6.23. The molecule has 92 valence electrons. The van der Waals surface area contributed by atoms with E-state index in [2.05, 4.69) is 24.5 Å². The van der Waals surface area contributed by atoms with Gasteiger partial charge in [0.1, 0.15) is 0 Å². The SMILES string of the molecule is CC1(C)CCC(NC(=O)CC2CCNC2)C1. The van der Waals surface area contributed by atoms with E-state index in [0.717, 1.165) is 32.4 Å². The zero-order chi connectivity index (χ0) is 11.6. The van der Waals surface area contributed by atoms with Gasteiger partial charge in [-0.3, -0.25) is 4.79 Å². The van der Waals surface area contributed by atoms with Crippen molar-refractivity contribution < 1.29 is 4.79 Å². The zero-order valence-corrected chi connectivity index (χ0v) is 10.5. The van der Waals surface area contributed by atoms with Crippen molar-refractivity contribution in [2.45, 2.75) is 52.0 Å². The van der Waals surface area contributed by atoms with Gasteiger partial charge in [-0.15, -0.1) is 0 Å². The van der Waals surface area contributed by atoms with Crippen LogP contribution >= 0.6 is 0 Å². The summed E-state index contributed by atoms with van der Waals surface area (Å²) in [6.45, 7) is 6.68. The summed E-state index contributed by atoms with van der Waals surface area (Å²) in [5.41, 5.74) is 0.423. The van der Waals surface area contributed by atoms with E-state index in [9.17, 15) is 4.79 Å². The molecule has 3 heteroatoms. The van der Waals surface area contributed by atoms with Crippen molar-refractivity contribution in [3.05, 3.63) is 0 Å². The van der Waals surface area contributed by atoms with Crippen LogP contribution in [0.25, 0.3) is 0 Å². The average Bonchev–Trinajstić information content (AvgIpc) is 2.76. The van der Waals surface area contributed by atoms with Gasteiger partial charge in [0, 0.05) is 12.5 Å². The Morgan fingerprint density at radius 3 is 2.81 bits per heavy atom. The number of nitrogens with one attached hydrogen (secondary N) is 2. The highest BCUT2D eigenvalue weighted by Crippen LogP contribution is 2.36. The molecule has 0 radical (unpaired) electrons. The zero-order valence-electron chi connectivity index (χ0n) is 10.5. The molecule has 2 rings (SSSR count). The molecule has 0 aromatic rings. The first-order valence-corrected chi connectivity index (χ1v) is 6.55. The molecule has 16 heavy (non-hydrogen) atoms. The second kappa shape index (κ2) is 4.74. The Morgan fingerprint density at radius 1 is 1.44 bits per heavy atom. The van der Waals surface area contributed by atoms with E-state index in [0.29, 0.717) is 23.8 Å². The van der Waals surface area contributed by atoms with Gasteiger partial charge in [-0.1, -0.05) is 13.8 Å². The molecule has 1 saturated heterocycles. The quantitative estimate of drug-likeness (QED) is 0.766. The van der Waals surface area contributed by atoms with Crippen LogP contribution in [0.2, 0.25) is 0 Å². The van der Waals surface area contributed by atoms with Gasteiger partial charge in [-0.05, 0) is 50.1 Å². The first-order valence-electron chi connectivity index (χ1n) is 6.55. The summed E-state index contributed by atoms with van der Waals surface area (Å²) in [4.78, 5) is 11.8. The molecule has 1 heterocycles. The first kappa shape index (κ1) is 11.9. The molecule has 0 bridgehead atoms. The Labute approximate surface area is 98.4 Å². The van der Waals surface area contributed by atoms with Crippen LogP contribution in [0.1, 0.15) is 46.0 Å². The lowest BCUT2D eigenvalue weighted by molar-refractivity contribution is -0.122. The van der Waals surface area contributed by atoms with Crippen LogP contribution in [0.15, 0.2) is 0 Å². The van der Waals surface area contributed by atoms with Crippen molar-refractivity contribution in [1.29, 1.82) is 0 Å². The molecule has 2 aliphatic rings. The number of carbonyl (C=O) groups is 1. The molecule has 2 fully saturated rings. The summed E-state index contributed by atoms with van der Waals surface area (Å²) in [6, 6.07) is 0.428. The van der Waals surface area contributed by atoms with Crippen LogP contribution in [-0.2, 0) is 4.79 Å². The fourth-order valence-electron chi connectivity index (χ4n) is 3.00. The molecule has 1 aliphatic heterocycles. The fourth-order valence-corrected chi connectivity index (χ4v) is 3.00. The third-order valence-corrected chi connectivity index (χ3v) is 3.97. The Kier molecular flexibility index (Phi) is 3.53. The van der Waals surface area contributed by atoms with E-state index in [1.54, 1.807) is 0 Å². The molecule has 2 atom stereocenters. The Morgan fingerprint density at radius 2 is 2.25 bits per heavy atom. The normalized spacial score (nSPS) is 32.9. The molecular formula is C13H24N2O. The highest BCUT2D eigenvalue weighted by molar-refractivity contribution is 5.76. The summed E-state index contributed by atoms with van der Waals surface area (Å²) >= 11 is 0. The van der Waals surface area contributed by atoms with Gasteiger partial charge in [0.05, 0.1) is 0 Å². The number of amides is 1. The predicted octanol–water partition coefficient (Wildman–Crippen LogP) is 1.68. The maximum atomic E-state index is 11.8. The number of carbonyl (C=O) groups excluding carboxylic acids is 1. The molecule has 2 unspecified atom stereocenters. The van der Waals surface area contributed by atoms with Crippen molar-refractivity contribution in [2.75, 3.05) is 13.1 Å². The second-order valence-electron chi connectivity index (χ2n) is 6.23. The van der Waals surface area contributed by atoms with Crippen molar-refractivity contribution in [3.63, 3.8) is 0 Å². The third kappa shape index (κ3) is 3.21. The van der Waals surface area contributed by atoms with Crippen LogP contribution in [0.5, 0.6) is 0 Å². The minimum absolute atomic E-state index is 0.261. The first-order chi connectivity index (χ1) is 7.55. The van der Waals surface area contributed by atoms with Crippen molar-refractivity contribution in [1.82, 2.24) is 10.6 Å². The van der Waals surface area contributed by atoms with Crippen LogP contribution in [0, 0.1) is 11.3 Å². The van der Waals surface area contributed by atoms with Crippen molar-refractivity contribution in [3.8, 4) is 0 Å². The number of rotatable bonds is 3. The van der Waals surface area contributed by atoms with Gasteiger partial charge >= 0.3 is 0 Å². The minimum atomic E-state index is 0.261. The summed E-state index contributed by atoms with van der Waals surface area (Å²) in [5, 5.41) is 6.50. The molecular weight excluding hydrogens is 200 g/mol. The third-order valence-electron chi connectivity index (χ3n) is 3.97. The molecule has 0 spiro atoms. The molecule has 0 aromatic carbocycles. The van der Waals surface area contributed by atoms with E-state index in [1.807, 2.05) is 0 Å². The standard InChI is InChI=1S/C13H24N2O/c1-13(2)5-3-11(8-13)15-12(16)7-10-4-6-14-9-10/h10-11,14H,3-9H2,1-2H3,(H,15,16). The molecule has 0 aromatic heterocycles. The number of hydrogen-bond donors (Lipinski definition) is 2. The largest absolute Gasteiger partial charge is 0.353 e. The molecule has 1 aliphatic carbocycles. The minimum Gasteiger partial charge on any atom is -0.353 e. The van der Waals surface area contributed by atoms with Gasteiger partial charge in [0.2, 0.25) is 5.91 Å². The Bertz CT molecular complexity index is 257. The smallest absolute Gasteiger partial charge is 0.220 e. The lowest BCUT2D eigenvalue weighted by Crippen LogP contribution is -2.34. The van der Waals surface area contributed by atoms with Gasteiger partial charge in [0.15, 0.2) is 0 Å². The predicted molar refractivity (Wildman–Crippen MR) is 65.2 cm³/mol. The summed E-state index contributed by atoms with van der Waals surface area (Å²) in [7, 11) is 0. The fraction of sp³-hybridized carbons (Fsp3) is 0.923. The topological polar surface area (TPSA) is 41.1 Å². The van der Waals surface area contributed by atoms with Gasteiger partial charge in [-0.25, -0.2) is 0 Å². The highest BCUT2D eigenvalue weighted by atomic mass is 16.1. The summed E-state index contributed by atoms with van der Waals surface area (Å²) in [5.74, 6) is 0.825.